The van der Waals surface area contributed by atoms with E-state index in [-0.39, 0.29) is 31.6 Å². The lowest BCUT2D eigenvalue weighted by Crippen LogP contribution is -2.58. The number of amides is 2. The Morgan fingerprint density at radius 2 is 1.94 bits per heavy atom. The third-order valence-corrected chi connectivity index (χ3v) is 7.52. The highest BCUT2D eigenvalue weighted by molar-refractivity contribution is 6.05. The SMILES string of the molecule is CC[C@@H](CO)N1C(=O)[C@@H]2[C@H]3C(=O)OCCC=C[C@H]3O[C@@]23C=CCN(c2ccc(OC)cc2)C(=O)C13. The summed E-state index contributed by atoms with van der Waals surface area (Å²) >= 11 is 0. The Labute approximate surface area is 203 Å². The molecule has 186 valence electrons. The molecule has 0 saturated carbocycles. The fourth-order valence-electron chi connectivity index (χ4n) is 5.85. The van der Waals surface area contributed by atoms with Crippen LogP contribution in [0.25, 0.3) is 0 Å². The van der Waals surface area contributed by atoms with Crippen molar-refractivity contribution in [2.45, 2.75) is 43.6 Å². The van der Waals surface area contributed by atoms with E-state index in [1.807, 2.05) is 19.1 Å². The molecule has 1 aromatic rings. The highest BCUT2D eigenvalue weighted by Crippen LogP contribution is 2.54. The number of carbonyl (C=O) groups is 3. The second kappa shape index (κ2) is 9.13. The molecule has 0 aliphatic carbocycles. The molecule has 9 nitrogen and oxygen atoms in total. The molecule has 2 amide bonds. The van der Waals surface area contributed by atoms with Crippen molar-refractivity contribution in [3.63, 3.8) is 0 Å². The molecular formula is C26H30N2O7. The summed E-state index contributed by atoms with van der Waals surface area (Å²) < 4.78 is 17.2. The van der Waals surface area contributed by atoms with Crippen LogP contribution in [0.1, 0.15) is 19.8 Å². The predicted octanol–water partition coefficient (Wildman–Crippen LogP) is 1.45. The minimum Gasteiger partial charge on any atom is -0.497 e. The topological polar surface area (TPSA) is 106 Å². The third-order valence-electron chi connectivity index (χ3n) is 7.52. The van der Waals surface area contributed by atoms with Crippen molar-refractivity contribution < 1.29 is 33.7 Å². The van der Waals surface area contributed by atoms with E-state index in [9.17, 15) is 19.5 Å². The number of nitrogens with zero attached hydrogens (tertiary/aromatic N) is 2. The second-order valence-corrected chi connectivity index (χ2v) is 9.27. The molecule has 6 atom stereocenters. The van der Waals surface area contributed by atoms with Gasteiger partial charge in [-0.2, -0.15) is 0 Å². The number of ether oxygens (including phenoxy) is 3. The smallest absolute Gasteiger partial charge is 0.312 e. The highest BCUT2D eigenvalue weighted by atomic mass is 16.6. The minimum atomic E-state index is -1.35. The molecule has 2 fully saturated rings. The van der Waals surface area contributed by atoms with E-state index in [1.54, 1.807) is 48.4 Å². The Morgan fingerprint density at radius 1 is 1.17 bits per heavy atom. The largest absolute Gasteiger partial charge is 0.497 e. The number of cyclic esters (lactones) is 1. The van der Waals surface area contributed by atoms with Crippen molar-refractivity contribution in [3.8, 4) is 5.75 Å². The summed E-state index contributed by atoms with van der Waals surface area (Å²) in [5.41, 5.74) is -0.699. The van der Waals surface area contributed by atoms with E-state index in [2.05, 4.69) is 0 Å². The van der Waals surface area contributed by atoms with Gasteiger partial charge in [-0.3, -0.25) is 14.4 Å². The van der Waals surface area contributed by atoms with Gasteiger partial charge in [-0.05, 0) is 37.1 Å². The number of anilines is 1. The fraction of sp³-hybridized carbons (Fsp3) is 0.500. The van der Waals surface area contributed by atoms with Crippen molar-refractivity contribution in [3.05, 3.63) is 48.6 Å². The lowest BCUT2D eigenvalue weighted by molar-refractivity contribution is -0.155. The molecule has 0 aromatic heterocycles. The molecule has 1 unspecified atom stereocenters. The third kappa shape index (κ3) is 3.56. The Morgan fingerprint density at radius 3 is 2.63 bits per heavy atom. The van der Waals surface area contributed by atoms with Crippen LogP contribution in [0.3, 0.4) is 0 Å². The second-order valence-electron chi connectivity index (χ2n) is 9.27. The molecule has 1 N–H and O–H groups in total. The maximum Gasteiger partial charge on any atom is 0.312 e. The number of rotatable bonds is 5. The monoisotopic (exact) mass is 482 g/mol. The number of benzene rings is 1. The van der Waals surface area contributed by atoms with Crippen LogP contribution in [-0.2, 0) is 23.9 Å². The van der Waals surface area contributed by atoms with Crippen LogP contribution >= 0.6 is 0 Å². The molecule has 1 aromatic carbocycles. The lowest BCUT2D eigenvalue weighted by Gasteiger charge is -2.38. The van der Waals surface area contributed by atoms with Gasteiger partial charge in [-0.1, -0.05) is 31.2 Å². The van der Waals surface area contributed by atoms with Crippen molar-refractivity contribution in [2.75, 3.05) is 31.8 Å². The Kier molecular flexibility index (Phi) is 6.14. The zero-order chi connectivity index (χ0) is 24.7. The summed E-state index contributed by atoms with van der Waals surface area (Å²) in [6.45, 7) is 2.05. The zero-order valence-corrected chi connectivity index (χ0v) is 19.8. The summed E-state index contributed by atoms with van der Waals surface area (Å²) in [4.78, 5) is 44.3. The predicted molar refractivity (Wildman–Crippen MR) is 126 cm³/mol. The Bertz CT molecular complexity index is 1060. The summed E-state index contributed by atoms with van der Waals surface area (Å²) in [5, 5.41) is 10.1. The number of likely N-dealkylation sites (tertiary alicyclic amines) is 1. The molecule has 4 heterocycles. The molecule has 35 heavy (non-hydrogen) atoms. The average Bonchev–Trinajstić information content (AvgIpc) is 3.24. The van der Waals surface area contributed by atoms with Crippen LogP contribution in [0.4, 0.5) is 5.69 Å². The van der Waals surface area contributed by atoms with Crippen LogP contribution < -0.4 is 9.64 Å². The molecule has 1 spiro atoms. The Balaban J connectivity index is 1.62. The molecular weight excluding hydrogens is 452 g/mol. The number of hydrogen-bond acceptors (Lipinski definition) is 7. The fourth-order valence-corrected chi connectivity index (χ4v) is 5.85. The summed E-state index contributed by atoms with van der Waals surface area (Å²) in [5.74, 6) is -2.33. The first kappa shape index (κ1) is 23.6. The molecule has 0 bridgehead atoms. The van der Waals surface area contributed by atoms with Crippen LogP contribution in [-0.4, -0.2) is 78.4 Å². The first-order chi connectivity index (χ1) is 17.0. The molecule has 4 aliphatic heterocycles. The van der Waals surface area contributed by atoms with Crippen molar-refractivity contribution >= 4 is 23.5 Å². The van der Waals surface area contributed by atoms with Gasteiger partial charge in [0.25, 0.3) is 5.91 Å². The number of aliphatic hydroxyl groups excluding tert-OH is 1. The molecule has 4 aliphatic rings. The van der Waals surface area contributed by atoms with E-state index < -0.39 is 41.6 Å². The van der Waals surface area contributed by atoms with E-state index in [4.69, 9.17) is 14.2 Å². The van der Waals surface area contributed by atoms with Crippen molar-refractivity contribution in [2.24, 2.45) is 11.8 Å². The van der Waals surface area contributed by atoms with Gasteiger partial charge in [0.05, 0.1) is 38.4 Å². The van der Waals surface area contributed by atoms with Crippen LogP contribution in [0, 0.1) is 11.8 Å². The standard InChI is InChI=1S/C26H30N2O7/c1-3-16(15-29)28-22-24(31)27(17-8-10-18(33-2)11-9-17)13-6-12-26(22)21(23(28)30)20-19(35-26)7-4-5-14-34-25(20)32/h4,6-12,16,19-22,29H,3,5,13-15H2,1-2H3/t16-,19+,20-,21-,22?,26-/m0/s1. The van der Waals surface area contributed by atoms with Gasteiger partial charge < -0.3 is 29.1 Å². The maximum atomic E-state index is 14.2. The van der Waals surface area contributed by atoms with Crippen molar-refractivity contribution in [1.29, 1.82) is 0 Å². The quantitative estimate of drug-likeness (QED) is 0.500. The van der Waals surface area contributed by atoms with Gasteiger partial charge in [0.15, 0.2) is 0 Å². The number of aliphatic hydroxyl groups is 1. The van der Waals surface area contributed by atoms with Crippen LogP contribution in [0.15, 0.2) is 48.6 Å². The Hall–Kier alpha value is -3.17. The highest BCUT2D eigenvalue weighted by Gasteiger charge is 2.72. The van der Waals surface area contributed by atoms with Gasteiger partial charge in [-0.15, -0.1) is 0 Å². The van der Waals surface area contributed by atoms with E-state index in [0.29, 0.717) is 24.3 Å². The number of carbonyl (C=O) groups excluding carboxylic acids is 3. The number of esters is 1. The van der Waals surface area contributed by atoms with Gasteiger partial charge in [0.1, 0.15) is 23.3 Å². The zero-order valence-electron chi connectivity index (χ0n) is 19.8. The summed E-state index contributed by atoms with van der Waals surface area (Å²) in [6.07, 6.45) is 7.60. The summed E-state index contributed by atoms with van der Waals surface area (Å²) in [7, 11) is 1.57. The number of fused-ring (bicyclic) bond motifs is 2. The average molecular weight is 483 g/mol. The van der Waals surface area contributed by atoms with Crippen molar-refractivity contribution in [1.82, 2.24) is 4.90 Å². The van der Waals surface area contributed by atoms with Gasteiger partial charge >= 0.3 is 5.97 Å². The first-order valence-corrected chi connectivity index (χ1v) is 12.0. The van der Waals surface area contributed by atoms with E-state index in [0.717, 1.165) is 0 Å². The molecule has 2 saturated heterocycles. The number of hydrogen-bond donors (Lipinski definition) is 1. The summed E-state index contributed by atoms with van der Waals surface area (Å²) in [6, 6.07) is 5.48. The van der Waals surface area contributed by atoms with E-state index in [1.165, 1.54) is 4.90 Å². The minimum absolute atomic E-state index is 0.230. The van der Waals surface area contributed by atoms with Gasteiger partial charge in [0.2, 0.25) is 5.91 Å². The first-order valence-electron chi connectivity index (χ1n) is 12.0. The molecule has 0 radical (unpaired) electrons. The van der Waals surface area contributed by atoms with Gasteiger partial charge in [0, 0.05) is 12.2 Å². The number of methoxy groups -OCH3 is 1. The van der Waals surface area contributed by atoms with Crippen LogP contribution in [0.5, 0.6) is 5.75 Å². The lowest BCUT2D eigenvalue weighted by atomic mass is 9.77. The van der Waals surface area contributed by atoms with Gasteiger partial charge in [-0.25, -0.2) is 0 Å². The van der Waals surface area contributed by atoms with Crippen LogP contribution in [0.2, 0.25) is 0 Å². The maximum absolute atomic E-state index is 14.2. The molecule has 5 rings (SSSR count). The molecule has 9 heteroatoms. The normalized spacial score (nSPS) is 32.8. The van der Waals surface area contributed by atoms with E-state index >= 15 is 0 Å².